The number of alkyl halides is 3. The molecule has 0 unspecified atom stereocenters. The molecule has 2 rings (SSSR count). The van der Waals surface area contributed by atoms with Crippen LogP contribution < -0.4 is 0 Å². The number of fused-ring (bicyclic) bond motifs is 1. The van der Waals surface area contributed by atoms with Crippen molar-refractivity contribution >= 4 is 34.8 Å². The first kappa shape index (κ1) is 16.1. The first-order chi connectivity index (χ1) is 9.79. The van der Waals surface area contributed by atoms with E-state index in [1.54, 1.807) is 0 Å². The van der Waals surface area contributed by atoms with Crippen LogP contribution in [0.15, 0.2) is 17.4 Å². The normalized spacial score (nSPS) is 12.0. The van der Waals surface area contributed by atoms with Gasteiger partial charge in [0.1, 0.15) is 5.78 Å². The van der Waals surface area contributed by atoms with Crippen LogP contribution in [0.5, 0.6) is 0 Å². The summed E-state index contributed by atoms with van der Waals surface area (Å²) in [7, 11) is 0. The minimum Gasteiger partial charge on any atom is -0.300 e. The van der Waals surface area contributed by atoms with Crippen molar-refractivity contribution in [3.63, 3.8) is 0 Å². The van der Waals surface area contributed by atoms with E-state index >= 15 is 0 Å². The topological polar surface area (TPSA) is 47.3 Å². The molecule has 2 aromatic rings. The molecule has 0 spiro atoms. The van der Waals surface area contributed by atoms with Crippen molar-refractivity contribution in [1.82, 2.24) is 14.6 Å². The molecule has 114 valence electrons. The van der Waals surface area contributed by atoms with Crippen LogP contribution in [-0.4, -0.2) is 26.1 Å². The number of pyridine rings is 1. The van der Waals surface area contributed by atoms with Gasteiger partial charge < -0.3 is 4.79 Å². The quantitative estimate of drug-likeness (QED) is 0.614. The molecule has 9 heteroatoms. The number of hydrogen-bond donors (Lipinski definition) is 0. The largest absolute Gasteiger partial charge is 0.417 e. The molecule has 0 aliphatic heterocycles. The Morgan fingerprint density at radius 3 is 2.76 bits per heavy atom. The summed E-state index contributed by atoms with van der Waals surface area (Å²) in [5, 5.41) is 7.83. The number of nitrogens with zero attached hydrogens (tertiary/aromatic N) is 3. The van der Waals surface area contributed by atoms with Gasteiger partial charge in [0, 0.05) is 18.4 Å². The minimum absolute atomic E-state index is 0.0732. The zero-order valence-electron chi connectivity index (χ0n) is 10.9. The summed E-state index contributed by atoms with van der Waals surface area (Å²) in [6.45, 7) is 1.49. The highest BCUT2D eigenvalue weighted by atomic mass is 35.5. The molecule has 2 heterocycles. The maximum atomic E-state index is 12.8. The predicted octanol–water partition coefficient (Wildman–Crippen LogP) is 3.86. The van der Waals surface area contributed by atoms with Crippen LogP contribution in [0.25, 0.3) is 5.65 Å². The highest BCUT2D eigenvalue weighted by molar-refractivity contribution is 7.99. The molecule has 0 saturated carbocycles. The van der Waals surface area contributed by atoms with E-state index < -0.39 is 11.7 Å². The monoisotopic (exact) mass is 337 g/mol. The van der Waals surface area contributed by atoms with E-state index in [1.807, 2.05) is 0 Å². The second-order valence-electron chi connectivity index (χ2n) is 4.40. The van der Waals surface area contributed by atoms with Crippen LogP contribution >= 0.6 is 23.4 Å². The molecule has 0 saturated heterocycles. The van der Waals surface area contributed by atoms with Crippen LogP contribution in [0.3, 0.4) is 0 Å². The van der Waals surface area contributed by atoms with Crippen LogP contribution in [-0.2, 0) is 11.0 Å². The van der Waals surface area contributed by atoms with E-state index in [9.17, 15) is 18.0 Å². The van der Waals surface area contributed by atoms with Crippen molar-refractivity contribution < 1.29 is 18.0 Å². The number of halogens is 4. The highest BCUT2D eigenvalue weighted by Gasteiger charge is 2.32. The van der Waals surface area contributed by atoms with Gasteiger partial charge in [-0.1, -0.05) is 23.4 Å². The third-order valence-electron chi connectivity index (χ3n) is 2.66. The van der Waals surface area contributed by atoms with Crippen LogP contribution in [0.4, 0.5) is 13.2 Å². The molecular formula is C12H11ClF3N3OS. The summed E-state index contributed by atoms with van der Waals surface area (Å²) in [4.78, 5) is 10.8. The van der Waals surface area contributed by atoms with Gasteiger partial charge in [-0.2, -0.15) is 13.2 Å². The van der Waals surface area contributed by atoms with Crippen LogP contribution in [0.1, 0.15) is 25.3 Å². The number of thioether (sulfide) groups is 1. The summed E-state index contributed by atoms with van der Waals surface area (Å²) in [5.74, 6) is 0.637. The summed E-state index contributed by atoms with van der Waals surface area (Å²) in [6, 6.07) is 0.829. The second-order valence-corrected chi connectivity index (χ2v) is 5.87. The lowest BCUT2D eigenvalue weighted by atomic mass is 10.3. The van der Waals surface area contributed by atoms with Gasteiger partial charge in [0.15, 0.2) is 10.8 Å². The Morgan fingerprint density at radius 1 is 1.43 bits per heavy atom. The van der Waals surface area contributed by atoms with Gasteiger partial charge in [0.25, 0.3) is 0 Å². The average molecular weight is 338 g/mol. The van der Waals surface area contributed by atoms with E-state index in [1.165, 1.54) is 23.1 Å². The lowest BCUT2D eigenvalue weighted by Crippen LogP contribution is -2.07. The molecule has 4 nitrogen and oxygen atoms in total. The maximum Gasteiger partial charge on any atom is 0.417 e. The van der Waals surface area contributed by atoms with Gasteiger partial charge in [0.05, 0.1) is 10.6 Å². The molecule has 0 bridgehead atoms. The Kier molecular flexibility index (Phi) is 4.77. The lowest BCUT2D eigenvalue weighted by molar-refractivity contribution is -0.137. The molecule has 0 amide bonds. The smallest absolute Gasteiger partial charge is 0.300 e. The summed E-state index contributed by atoms with van der Waals surface area (Å²) in [5.41, 5.74) is -0.677. The lowest BCUT2D eigenvalue weighted by Gasteiger charge is -2.08. The van der Waals surface area contributed by atoms with E-state index in [4.69, 9.17) is 11.6 Å². The number of carbonyl (C=O) groups is 1. The number of hydrogen-bond acceptors (Lipinski definition) is 4. The van der Waals surface area contributed by atoms with Gasteiger partial charge in [-0.3, -0.25) is 4.40 Å². The fourth-order valence-electron chi connectivity index (χ4n) is 1.67. The molecule has 21 heavy (non-hydrogen) atoms. The fraction of sp³-hybridized carbons (Fsp3) is 0.417. The van der Waals surface area contributed by atoms with Gasteiger partial charge >= 0.3 is 6.18 Å². The van der Waals surface area contributed by atoms with Crippen molar-refractivity contribution in [2.75, 3.05) is 5.75 Å². The van der Waals surface area contributed by atoms with Crippen molar-refractivity contribution in [3.05, 3.63) is 22.8 Å². The molecule has 0 aromatic carbocycles. The number of aromatic nitrogens is 3. The van der Waals surface area contributed by atoms with Crippen molar-refractivity contribution in [2.45, 2.75) is 31.1 Å². The highest BCUT2D eigenvalue weighted by Crippen LogP contribution is 2.33. The zero-order valence-corrected chi connectivity index (χ0v) is 12.5. The maximum absolute atomic E-state index is 12.8. The molecule has 0 atom stereocenters. The molecule has 0 N–H and O–H groups in total. The molecule has 2 aromatic heterocycles. The summed E-state index contributed by atoms with van der Waals surface area (Å²) >= 11 is 7.04. The van der Waals surface area contributed by atoms with E-state index in [0.29, 0.717) is 23.8 Å². The van der Waals surface area contributed by atoms with Crippen molar-refractivity contribution in [2.24, 2.45) is 0 Å². The predicted molar refractivity (Wildman–Crippen MR) is 73.6 cm³/mol. The van der Waals surface area contributed by atoms with E-state index in [0.717, 1.165) is 12.3 Å². The van der Waals surface area contributed by atoms with Crippen LogP contribution in [0, 0.1) is 0 Å². The van der Waals surface area contributed by atoms with Gasteiger partial charge in [-0.05, 0) is 19.4 Å². The molecular weight excluding hydrogens is 327 g/mol. The van der Waals surface area contributed by atoms with Gasteiger partial charge in [-0.25, -0.2) is 0 Å². The zero-order chi connectivity index (χ0) is 15.6. The Morgan fingerprint density at radius 2 is 2.14 bits per heavy atom. The Bertz CT molecular complexity index is 672. The number of ketones is 1. The SMILES string of the molecule is CC(=O)CCCSc1nnc2c(Cl)cc(C(F)(F)F)cn12. The summed E-state index contributed by atoms with van der Waals surface area (Å²) < 4.78 is 39.5. The summed E-state index contributed by atoms with van der Waals surface area (Å²) in [6.07, 6.45) is -2.51. The van der Waals surface area contributed by atoms with Crippen LogP contribution in [0.2, 0.25) is 5.02 Å². The first-order valence-corrected chi connectivity index (χ1v) is 7.39. The standard InChI is InChI=1S/C12H11ClF3N3OS/c1-7(20)3-2-4-21-11-18-17-10-9(13)5-8(6-19(10)11)12(14,15)16/h5-6H,2-4H2,1H3. The third-order valence-corrected chi connectivity index (χ3v) is 3.97. The van der Waals surface area contributed by atoms with E-state index in [2.05, 4.69) is 10.2 Å². The Hall–Kier alpha value is -1.28. The molecule has 0 fully saturated rings. The third kappa shape index (κ3) is 3.88. The van der Waals surface area contributed by atoms with Crippen molar-refractivity contribution in [3.8, 4) is 0 Å². The first-order valence-electron chi connectivity index (χ1n) is 6.03. The Balaban J connectivity index is 2.25. The fourth-order valence-corrected chi connectivity index (χ4v) is 2.77. The average Bonchev–Trinajstić information content (AvgIpc) is 2.77. The van der Waals surface area contributed by atoms with E-state index in [-0.39, 0.29) is 16.5 Å². The molecule has 0 aliphatic rings. The number of carbonyl (C=O) groups excluding carboxylic acids is 1. The minimum atomic E-state index is -4.49. The molecule has 0 aliphatic carbocycles. The Labute approximate surface area is 127 Å². The second kappa shape index (κ2) is 6.23. The van der Waals surface area contributed by atoms with Gasteiger partial charge in [-0.15, -0.1) is 10.2 Å². The number of rotatable bonds is 5. The van der Waals surface area contributed by atoms with Gasteiger partial charge in [0.2, 0.25) is 0 Å². The van der Waals surface area contributed by atoms with Crippen molar-refractivity contribution in [1.29, 1.82) is 0 Å². The number of Topliss-reactive ketones (excluding diaryl/α,β-unsaturated/α-hetero) is 1. The molecule has 0 radical (unpaired) electrons.